The van der Waals surface area contributed by atoms with E-state index in [9.17, 15) is 35.3 Å². The van der Waals surface area contributed by atoms with Crippen LogP contribution in [0.25, 0.3) is 22.3 Å². The topological polar surface area (TPSA) is 230 Å². The molecule has 0 saturated carbocycles. The number of piperidine rings is 2. The fourth-order valence-electron chi connectivity index (χ4n) is 12.0. The van der Waals surface area contributed by atoms with Crippen molar-refractivity contribution in [2.75, 3.05) is 87.5 Å². The van der Waals surface area contributed by atoms with Crippen LogP contribution in [0.4, 0.5) is 24.8 Å². The van der Waals surface area contributed by atoms with Crippen LogP contribution in [-0.2, 0) is 26.2 Å². The molecule has 5 atom stereocenters. The number of aromatic nitrogens is 8. The first-order valence-electron chi connectivity index (χ1n) is 26.7. The molecule has 6 aromatic rings. The third-order valence-electron chi connectivity index (χ3n) is 16.4. The van der Waals surface area contributed by atoms with Crippen LogP contribution < -0.4 is 19.7 Å². The molecule has 2 aromatic carbocycles. The number of primary sulfonamides is 1. The number of fused-ring (bicyclic) bond motifs is 2. The molecule has 8 heterocycles. The Morgan fingerprint density at radius 1 is 0.762 bits per heavy atom. The smallest absolute Gasteiger partial charge is 0.355 e. The number of rotatable bonds is 19. The minimum atomic E-state index is -4.80. The number of nitriles is 1. The number of hydrogen-bond donors (Lipinski definition) is 2. The number of hydrogen-bond acceptors (Lipinski definition) is 15. The van der Waals surface area contributed by atoms with Crippen LogP contribution in [-0.4, -0.2) is 149 Å². The Hall–Kier alpha value is -4.68. The minimum absolute atomic E-state index is 0.0273. The van der Waals surface area contributed by atoms with Crippen LogP contribution in [0, 0.1) is 40.9 Å². The van der Waals surface area contributed by atoms with Crippen LogP contribution in [0.15, 0.2) is 48.8 Å². The highest BCUT2D eigenvalue weighted by atomic mass is 35.5. The third-order valence-corrected chi connectivity index (χ3v) is 20.2. The van der Waals surface area contributed by atoms with Gasteiger partial charge in [0.1, 0.15) is 28.7 Å². The number of benzene rings is 2. The van der Waals surface area contributed by atoms with Gasteiger partial charge >= 0.3 is 6.18 Å². The van der Waals surface area contributed by atoms with Gasteiger partial charge in [0, 0.05) is 79.0 Å². The van der Waals surface area contributed by atoms with Gasteiger partial charge in [-0.25, -0.2) is 56.0 Å². The molecule has 0 aliphatic carbocycles. The van der Waals surface area contributed by atoms with E-state index < -0.39 is 49.3 Å². The highest BCUT2D eigenvalue weighted by Crippen LogP contribution is 2.43. The fourth-order valence-corrected chi connectivity index (χ4v) is 14.3. The Kier molecular flexibility index (Phi) is 17.2. The quantitative estimate of drug-likeness (QED) is 0.0777. The van der Waals surface area contributed by atoms with Crippen LogP contribution >= 0.6 is 46.4 Å². The Bertz CT molecular complexity index is 3540. The summed E-state index contributed by atoms with van der Waals surface area (Å²) in [4.78, 5) is 27.8. The summed E-state index contributed by atoms with van der Waals surface area (Å²) >= 11 is 26.3. The second kappa shape index (κ2) is 23.5. The molecular formula is C52H62Cl4F3N15O4S2. The third kappa shape index (κ3) is 12.8. The Morgan fingerprint density at radius 2 is 1.36 bits per heavy atom. The lowest BCUT2D eigenvalue weighted by Crippen LogP contribution is -2.55. The summed E-state index contributed by atoms with van der Waals surface area (Å²) in [7, 11) is -7.07. The van der Waals surface area contributed by atoms with Gasteiger partial charge in [-0.1, -0.05) is 58.5 Å². The molecule has 80 heavy (non-hydrogen) atoms. The molecule has 4 aromatic heterocycles. The molecule has 4 aliphatic heterocycles. The van der Waals surface area contributed by atoms with Crippen molar-refractivity contribution in [3.05, 3.63) is 91.4 Å². The van der Waals surface area contributed by atoms with Crippen LogP contribution in [0.3, 0.4) is 0 Å². The van der Waals surface area contributed by atoms with Crippen molar-refractivity contribution in [1.82, 2.24) is 54.0 Å². The Morgan fingerprint density at radius 3 is 1.96 bits per heavy atom. The summed E-state index contributed by atoms with van der Waals surface area (Å²) in [5.41, 5.74) is 0.528. The fraction of sp³-hybridized carbons (Fsp3) is 0.558. The van der Waals surface area contributed by atoms with Crippen molar-refractivity contribution in [1.29, 1.82) is 5.26 Å². The molecule has 0 spiro atoms. The van der Waals surface area contributed by atoms with Gasteiger partial charge in [-0.3, -0.25) is 0 Å². The van der Waals surface area contributed by atoms with Gasteiger partial charge in [-0.2, -0.15) is 28.6 Å². The van der Waals surface area contributed by atoms with E-state index >= 15 is 0 Å². The van der Waals surface area contributed by atoms with Crippen molar-refractivity contribution >= 4 is 100 Å². The normalized spacial score (nSPS) is 21.1. The first-order chi connectivity index (χ1) is 37.9. The second-order valence-electron chi connectivity index (χ2n) is 22.1. The number of anilines is 2. The molecule has 0 bridgehead atoms. The Balaban J connectivity index is 0.911. The number of likely N-dealkylation sites (tertiary alicyclic amines) is 2. The summed E-state index contributed by atoms with van der Waals surface area (Å²) in [5, 5.41) is 25.5. The first kappa shape index (κ1) is 58.5. The van der Waals surface area contributed by atoms with Crippen LogP contribution in [0.1, 0.15) is 87.5 Å². The zero-order chi connectivity index (χ0) is 57.0. The molecule has 0 radical (unpaired) electrons. The van der Waals surface area contributed by atoms with Gasteiger partial charge in [0.25, 0.3) is 0 Å². The number of nitrogens with one attached hydrogen (secondary N) is 1. The van der Waals surface area contributed by atoms with Crippen molar-refractivity contribution < 1.29 is 30.0 Å². The van der Waals surface area contributed by atoms with E-state index in [2.05, 4.69) is 35.6 Å². The number of sulfonamides is 2. The van der Waals surface area contributed by atoms with Crippen molar-refractivity contribution in [3.8, 4) is 6.07 Å². The number of nitrogens with zero attached hydrogens (tertiary/aromatic N) is 13. The largest absolute Gasteiger partial charge is 0.437 e. The molecule has 3 N–H and O–H groups in total. The van der Waals surface area contributed by atoms with Gasteiger partial charge in [-0.05, 0) is 131 Å². The van der Waals surface area contributed by atoms with E-state index in [0.29, 0.717) is 107 Å². The van der Waals surface area contributed by atoms with Crippen molar-refractivity contribution in [2.24, 2.45) is 34.7 Å². The average Bonchev–Trinajstić information content (AvgIpc) is 4.13. The van der Waals surface area contributed by atoms with E-state index in [0.717, 1.165) is 51.0 Å². The van der Waals surface area contributed by atoms with Gasteiger partial charge in [0.2, 0.25) is 20.0 Å². The summed E-state index contributed by atoms with van der Waals surface area (Å²) in [6.45, 7) is 11.9. The second-order valence-corrected chi connectivity index (χ2v) is 27.9. The van der Waals surface area contributed by atoms with Gasteiger partial charge in [-0.15, -0.1) is 0 Å². The van der Waals surface area contributed by atoms with E-state index in [1.807, 2.05) is 11.0 Å². The zero-order valence-electron chi connectivity index (χ0n) is 44.2. The van der Waals surface area contributed by atoms with Crippen molar-refractivity contribution in [2.45, 2.75) is 76.4 Å². The molecule has 10 rings (SSSR count). The highest BCUT2D eigenvalue weighted by molar-refractivity contribution is 7.90. The monoisotopic (exact) mass is 1220 g/mol. The maximum atomic E-state index is 14.4. The predicted octanol–water partition coefficient (Wildman–Crippen LogP) is 8.29. The molecule has 1 unspecified atom stereocenters. The molecular weight excluding hydrogens is 1160 g/mol. The average molecular weight is 1220 g/mol. The minimum Gasteiger partial charge on any atom is -0.355 e. The lowest BCUT2D eigenvalue weighted by Gasteiger charge is -2.49. The molecule has 430 valence electrons. The maximum absolute atomic E-state index is 14.4. The van der Waals surface area contributed by atoms with E-state index in [4.69, 9.17) is 71.6 Å². The zero-order valence-corrected chi connectivity index (χ0v) is 48.9. The SMILES string of the molecule is CC(C)S(=O)(=O)NCCN1CC(C[C@H](c2ccc(Cl)cc2Cl)n2nc(C#N)c3ncc(N4CC([C@@H]5CCCN(CCCS(N)(=O)=O)C5)C4)nc32)C[C@H](C2CN(c3cnc4c(C(F)(F)F)nn([C@H](C)c5ccc(Cl)cc5Cl)c4n3)C2)C1. The molecule has 28 heteroatoms. The Labute approximate surface area is 483 Å². The van der Waals surface area contributed by atoms with Gasteiger partial charge in [0.05, 0.1) is 35.5 Å². The van der Waals surface area contributed by atoms with E-state index in [1.54, 1.807) is 55.9 Å². The molecule has 19 nitrogen and oxygen atoms in total. The lowest BCUT2D eigenvalue weighted by molar-refractivity contribution is -0.140. The molecule has 4 fully saturated rings. The summed E-state index contributed by atoms with van der Waals surface area (Å²) < 4.78 is 98.0. The summed E-state index contributed by atoms with van der Waals surface area (Å²) in [6.07, 6.45) is 2.08. The first-order valence-corrected chi connectivity index (χ1v) is 31.5. The van der Waals surface area contributed by atoms with E-state index in [-0.39, 0.29) is 51.9 Å². The van der Waals surface area contributed by atoms with Crippen molar-refractivity contribution in [3.63, 3.8) is 0 Å². The van der Waals surface area contributed by atoms with Gasteiger partial charge < -0.3 is 19.6 Å². The summed E-state index contributed by atoms with van der Waals surface area (Å²) in [6, 6.07) is 11.0. The number of alkyl halides is 3. The molecule has 4 aliphatic rings. The van der Waals surface area contributed by atoms with E-state index in [1.165, 1.54) is 16.9 Å². The predicted molar refractivity (Wildman–Crippen MR) is 303 cm³/mol. The lowest BCUT2D eigenvalue weighted by atomic mass is 9.75. The highest BCUT2D eigenvalue weighted by Gasteiger charge is 2.43. The molecule has 4 saturated heterocycles. The maximum Gasteiger partial charge on any atom is 0.437 e. The van der Waals surface area contributed by atoms with Crippen LogP contribution in [0.2, 0.25) is 20.1 Å². The molecule has 0 amide bonds. The van der Waals surface area contributed by atoms with Gasteiger partial charge in [0.15, 0.2) is 22.7 Å². The van der Waals surface area contributed by atoms with Crippen LogP contribution in [0.5, 0.6) is 0 Å². The standard InChI is InChI=1S/C52H62Cl4F3N15O4S2/c1-30(2)80(77,78)64-11-14-70-23-32(16-34(25-70)36-28-72(29-36)46-22-63-48-49(52(57,58)59)68-73(51(48)66-46)31(3)39-9-7-37(53)18-41(39)55)17-44(40-10-8-38(54)19-42(40)56)74-50-47(43(20-60)67-74)62-21-45(65-50)71-26-35(27-71)33-6-4-12-69(24-33)13-5-15-79(61,75)76/h7-10,18-19,21-22,30-36,44,64H,4-6,11-17,23-29H2,1-3H3,(H2,61,75,76)/t31-,32?,33-,34+,44-/m1/s1. The summed E-state index contributed by atoms with van der Waals surface area (Å²) in [5.74, 6) is 2.03. The number of nitrogens with two attached hydrogens (primary N) is 1. The number of halogens is 7.